The van der Waals surface area contributed by atoms with E-state index in [-0.39, 0.29) is 86.4 Å². The molecule has 9 aromatic carbocycles. The summed E-state index contributed by atoms with van der Waals surface area (Å²) in [6.45, 7) is 49.1. The van der Waals surface area contributed by atoms with Crippen LogP contribution in [0, 0.1) is 0 Å². The zero-order chi connectivity index (χ0) is 102. The molecule has 2 aliphatic carbocycles. The van der Waals surface area contributed by atoms with E-state index in [4.69, 9.17) is 56.0 Å². The number of nitrogens with one attached hydrogen (secondary N) is 5. The molecule has 0 bridgehead atoms. The number of aliphatic hydroxyl groups excluding tert-OH is 1. The molecule has 0 radical (unpaired) electrons. The predicted octanol–water partition coefficient (Wildman–Crippen LogP) is 26.0. The standard InChI is InChI=1S/C40H50ClN3O4Si.C24H23ClN2O4.2C16H29NOSi.C10H15NO.C8H8O/c1-29(31-17-11-8-12-18-31)44(25-26-48-49(5,6)39(2,3)4)38(46)35-36(47-28-30-15-9-7-10-16-30)37(45)43-34(42-35)27-40(23-13-14-24-40)32-19-21-33(41)22-20-32;25-18-10-8-17(9-11-18)24(12-4-5-13-24)14-19-26-20(23(29)30)21(22(28)27-19)31-15-16-6-2-1-3-7-16;2*1-14(15-10-8-7-9-11-15)17-12-13-18-19(5,6)16(2,3)4;1-9(11-7-8-12)10-5-3-2-4-6-10;1-7(9)8-5-3-2-4-6-8/h7-12,15-22,29H,13-14,23-28H2,1-6H3,(H,42,43,45);1-3,6-11H,4-5,12-15H2,(H,29,30)(H,26,27,28);2*7-11,14,17H,12-13H2,1-6H3;2-6,9,11-12H,7-8H2,1H3;2-6H,1H3. The number of aromatic nitrogens is 4. The van der Waals surface area contributed by atoms with Crippen LogP contribution in [-0.4, -0.2) is 130 Å². The fourth-order valence-corrected chi connectivity index (χ4v) is 19.3. The van der Waals surface area contributed by atoms with Crippen LogP contribution in [0.4, 0.5) is 0 Å². The van der Waals surface area contributed by atoms with Gasteiger partial charge in [0, 0.05) is 96.8 Å². The van der Waals surface area contributed by atoms with Gasteiger partial charge < -0.3 is 63.8 Å². The van der Waals surface area contributed by atoms with E-state index in [2.05, 4.69) is 238 Å². The van der Waals surface area contributed by atoms with Gasteiger partial charge in [0.1, 0.15) is 24.9 Å². The third-order valence-electron chi connectivity index (χ3n) is 27.7. The number of carbonyl (C=O) groups excluding carboxylic acids is 2. The number of carboxylic acid groups (broad SMARTS) is 1. The van der Waals surface area contributed by atoms with E-state index in [1.807, 2.05) is 183 Å². The monoisotopic (exact) mass is 1980 g/mol. The molecule has 7 N–H and O–H groups in total. The number of H-pyrrole nitrogens is 2. The van der Waals surface area contributed by atoms with Crippen molar-refractivity contribution in [2.24, 2.45) is 0 Å². The first-order valence-corrected chi connectivity index (χ1v) is 58.5. The fraction of sp³-hybridized carbons (Fsp3) is 0.430. The summed E-state index contributed by atoms with van der Waals surface area (Å²) in [6.07, 6.45) is 9.01. The summed E-state index contributed by atoms with van der Waals surface area (Å²) < 4.78 is 30.6. The first-order chi connectivity index (χ1) is 65.9. The van der Waals surface area contributed by atoms with Gasteiger partial charge in [0.15, 0.2) is 42.1 Å². The highest BCUT2D eigenvalue weighted by Gasteiger charge is 2.43. The Hall–Kier alpha value is -10.1. The molecule has 4 atom stereocenters. The number of ether oxygens (including phenoxy) is 2. The van der Waals surface area contributed by atoms with E-state index in [1.54, 1.807) is 11.8 Å². The second-order valence-electron chi connectivity index (χ2n) is 40.9. The molecule has 4 unspecified atom stereocenters. The Kier molecular flexibility index (Phi) is 45.0. The first kappa shape index (κ1) is 114. The number of hydrogen-bond acceptors (Lipinski definition) is 16. The third-order valence-corrected chi connectivity index (χ3v) is 41.8. The van der Waals surface area contributed by atoms with Crippen LogP contribution in [-0.2, 0) is 50.2 Å². The molecule has 25 heteroatoms. The molecule has 748 valence electrons. The number of ketones is 1. The highest BCUT2D eigenvalue weighted by Crippen LogP contribution is 2.46. The number of halogens is 2. The fourth-order valence-electron chi connectivity index (χ4n) is 16.0. The van der Waals surface area contributed by atoms with Crippen LogP contribution < -0.4 is 36.5 Å². The van der Waals surface area contributed by atoms with Crippen molar-refractivity contribution in [3.05, 3.63) is 365 Å². The van der Waals surface area contributed by atoms with Gasteiger partial charge in [-0.25, -0.2) is 14.8 Å². The SMILES string of the molecule is CC(=O)c1ccccc1.CC(NCCO)c1ccccc1.CC(NCCO[Si](C)(C)C(C)(C)C)c1ccccc1.CC(NCCO[Si](C)(C)C(C)(C)C)c1ccccc1.CC(c1ccccc1)N(CCO[Si](C)(C)C(C)(C)C)C(=O)c1nc(CC2(c3ccc(Cl)cc3)CCCC2)[nH]c(=O)c1OCc1ccccc1.O=C(O)c1nc(CC2(c3ccc(Cl)cc3)CCCC2)[nH]c(=O)c1OCc1ccccc1. The van der Waals surface area contributed by atoms with Crippen LogP contribution in [0.1, 0.15) is 260 Å². The Labute approximate surface area is 840 Å². The summed E-state index contributed by atoms with van der Waals surface area (Å²) in [7, 11) is -5.28. The highest BCUT2D eigenvalue weighted by molar-refractivity contribution is 6.75. The molecular formula is C114H154Cl2N8O12Si3. The lowest BCUT2D eigenvalue weighted by Crippen LogP contribution is -2.44. The number of carbonyl (C=O) groups is 3. The zero-order valence-electron chi connectivity index (χ0n) is 85.9. The Morgan fingerprint density at radius 2 is 0.734 bits per heavy atom. The smallest absolute Gasteiger partial charge is 0.358 e. The van der Waals surface area contributed by atoms with Crippen molar-refractivity contribution in [3.63, 3.8) is 0 Å². The predicted molar refractivity (Wildman–Crippen MR) is 576 cm³/mol. The van der Waals surface area contributed by atoms with Crippen LogP contribution in [0.25, 0.3) is 0 Å². The molecule has 2 aliphatic rings. The summed E-state index contributed by atoms with van der Waals surface area (Å²) in [5, 5.41) is 30.5. The van der Waals surface area contributed by atoms with Crippen molar-refractivity contribution in [3.8, 4) is 11.5 Å². The largest absolute Gasteiger partial charge is 0.481 e. The molecule has 2 saturated carbocycles. The van der Waals surface area contributed by atoms with Crippen LogP contribution in [0.5, 0.6) is 11.5 Å². The maximum absolute atomic E-state index is 14.8. The molecular weight excluding hydrogens is 1830 g/mol. The lowest BCUT2D eigenvalue weighted by Gasteiger charge is -2.37. The van der Waals surface area contributed by atoms with Gasteiger partial charge in [-0.2, -0.15) is 0 Å². The molecule has 2 heterocycles. The van der Waals surface area contributed by atoms with E-state index >= 15 is 0 Å². The second kappa shape index (κ2) is 54.8. The van der Waals surface area contributed by atoms with Gasteiger partial charge >= 0.3 is 5.97 Å². The lowest BCUT2D eigenvalue weighted by molar-refractivity contribution is 0.0638. The Morgan fingerprint density at radius 3 is 1.05 bits per heavy atom. The number of nitrogens with zero attached hydrogens (tertiary/aromatic N) is 3. The average molecular weight is 1980 g/mol. The number of aromatic carboxylic acids is 1. The molecule has 0 aliphatic heterocycles. The summed E-state index contributed by atoms with van der Waals surface area (Å²) in [6, 6.07) is 85.7. The molecule has 0 saturated heterocycles. The summed E-state index contributed by atoms with van der Waals surface area (Å²) in [4.78, 5) is 80.8. The van der Waals surface area contributed by atoms with Crippen LogP contribution in [0.3, 0.4) is 0 Å². The van der Waals surface area contributed by atoms with E-state index < -0.39 is 42.0 Å². The summed E-state index contributed by atoms with van der Waals surface area (Å²) in [5.41, 5.74) is 7.86. The zero-order valence-corrected chi connectivity index (χ0v) is 90.4. The summed E-state index contributed by atoms with van der Waals surface area (Å²) in [5.74, 6) is -1.05. The van der Waals surface area contributed by atoms with Gasteiger partial charge in [0.05, 0.1) is 19.3 Å². The molecule has 2 fully saturated rings. The van der Waals surface area contributed by atoms with Crippen molar-refractivity contribution in [1.29, 1.82) is 0 Å². The normalized spacial score (nSPS) is 14.3. The summed E-state index contributed by atoms with van der Waals surface area (Å²) >= 11 is 12.3. The van der Waals surface area contributed by atoms with Gasteiger partial charge in [0.25, 0.3) is 17.0 Å². The van der Waals surface area contributed by atoms with Gasteiger partial charge in [-0.3, -0.25) is 19.2 Å². The lowest BCUT2D eigenvalue weighted by atomic mass is 9.76. The number of amides is 1. The Balaban J connectivity index is 0.000000225. The topological polar surface area (TPSA) is 269 Å². The van der Waals surface area contributed by atoms with Crippen molar-refractivity contribution < 1.29 is 47.3 Å². The van der Waals surface area contributed by atoms with E-state index in [9.17, 15) is 29.1 Å². The number of aliphatic hydroxyl groups is 1. The number of aromatic amines is 2. The van der Waals surface area contributed by atoms with Gasteiger partial charge in [-0.05, 0) is 183 Å². The van der Waals surface area contributed by atoms with Crippen LogP contribution in [0.2, 0.25) is 64.4 Å². The van der Waals surface area contributed by atoms with Crippen LogP contribution >= 0.6 is 23.2 Å². The molecule has 13 rings (SSSR count). The number of benzene rings is 9. The number of hydrogen-bond donors (Lipinski definition) is 7. The number of carboxylic acids is 1. The number of rotatable bonds is 37. The minimum Gasteiger partial charge on any atom is -0.481 e. The maximum Gasteiger partial charge on any atom is 0.358 e. The van der Waals surface area contributed by atoms with E-state index in [0.29, 0.717) is 72.4 Å². The van der Waals surface area contributed by atoms with E-state index in [0.717, 1.165) is 111 Å². The van der Waals surface area contributed by atoms with Gasteiger partial charge in [-0.15, -0.1) is 0 Å². The minimum atomic E-state index is -2.09. The Morgan fingerprint density at radius 1 is 0.432 bits per heavy atom. The average Bonchev–Trinajstić information content (AvgIpc) is 1.74. The number of Topliss-reactive ketones (excluding diaryl/α,β-unsaturated/α-hetero) is 1. The minimum absolute atomic E-state index is 0.0223. The molecule has 20 nitrogen and oxygen atoms in total. The van der Waals surface area contributed by atoms with E-state index in [1.165, 1.54) is 16.7 Å². The highest BCUT2D eigenvalue weighted by atomic mass is 35.5. The quantitative estimate of drug-likeness (QED) is 0.0108. The third kappa shape index (κ3) is 35.8. The second-order valence-corrected chi connectivity index (χ2v) is 56.2. The van der Waals surface area contributed by atoms with Crippen molar-refractivity contribution in [2.45, 2.75) is 264 Å². The van der Waals surface area contributed by atoms with Gasteiger partial charge in [0.2, 0.25) is 11.5 Å². The van der Waals surface area contributed by atoms with Crippen LogP contribution in [0.15, 0.2) is 270 Å². The molecule has 1 amide bonds. The maximum atomic E-state index is 14.8. The Bertz CT molecular complexity index is 5530. The molecule has 139 heavy (non-hydrogen) atoms. The molecule has 2 aromatic heterocycles. The van der Waals surface area contributed by atoms with Crippen molar-refractivity contribution in [2.75, 3.05) is 52.6 Å². The molecule has 0 spiro atoms. The van der Waals surface area contributed by atoms with Gasteiger partial charge in [-0.1, -0.05) is 348 Å². The van der Waals surface area contributed by atoms with Crippen molar-refractivity contribution in [1.82, 2.24) is 40.8 Å². The molecule has 11 aromatic rings. The van der Waals surface area contributed by atoms with Crippen molar-refractivity contribution >= 4 is 65.8 Å². The first-order valence-electron chi connectivity index (χ1n) is 49.0.